The van der Waals surface area contributed by atoms with Gasteiger partial charge in [0.25, 0.3) is 0 Å². The number of carbonyl (C=O) groups is 1. The Hall–Kier alpha value is -1.86. The number of nitrogens with one attached hydrogen (secondary N) is 1. The van der Waals surface area contributed by atoms with Crippen LogP contribution in [0.15, 0.2) is 29.4 Å². The van der Waals surface area contributed by atoms with Crippen LogP contribution in [-0.2, 0) is 9.53 Å². The lowest BCUT2D eigenvalue weighted by atomic mass is 10.2. The third-order valence-electron chi connectivity index (χ3n) is 3.63. The molecule has 0 fully saturated rings. The third kappa shape index (κ3) is 4.58. The molecule has 1 amide bonds. The molecule has 7 heteroatoms. The number of hydrogen-bond acceptors (Lipinski definition) is 5. The molecule has 0 spiro atoms. The summed E-state index contributed by atoms with van der Waals surface area (Å²) in [5.41, 5.74) is 2.18. The van der Waals surface area contributed by atoms with E-state index in [2.05, 4.69) is 28.5 Å². The first-order valence-corrected chi connectivity index (χ1v) is 8.84. The smallest absolute Gasteiger partial charge is 0.233 e. The van der Waals surface area contributed by atoms with E-state index in [4.69, 9.17) is 4.74 Å². The number of aryl methyl sites for hydroxylation is 2. The van der Waals surface area contributed by atoms with Gasteiger partial charge in [-0.1, -0.05) is 30.0 Å². The molecule has 0 bridgehead atoms. The molecule has 0 aliphatic rings. The van der Waals surface area contributed by atoms with Gasteiger partial charge in [0, 0.05) is 20.3 Å². The van der Waals surface area contributed by atoms with Gasteiger partial charge in [-0.05, 0) is 38.8 Å². The number of aromatic nitrogens is 3. The van der Waals surface area contributed by atoms with Gasteiger partial charge >= 0.3 is 0 Å². The molecule has 1 aromatic heterocycles. The fourth-order valence-electron chi connectivity index (χ4n) is 2.29. The van der Waals surface area contributed by atoms with E-state index < -0.39 is 0 Å². The van der Waals surface area contributed by atoms with Crippen molar-refractivity contribution in [2.45, 2.75) is 37.6 Å². The highest BCUT2D eigenvalue weighted by Gasteiger charge is 2.20. The maximum atomic E-state index is 12.2. The molecule has 1 aromatic carbocycles. The SMILES string of the molecule is COCCCNC(=O)C(C)Sc1nnc(C)n1-c1ccccc1C. The van der Waals surface area contributed by atoms with Gasteiger partial charge in [0.1, 0.15) is 5.82 Å². The molecule has 1 atom stereocenters. The summed E-state index contributed by atoms with van der Waals surface area (Å²) in [4.78, 5) is 12.2. The Morgan fingerprint density at radius 1 is 1.33 bits per heavy atom. The average Bonchev–Trinajstić information content (AvgIpc) is 2.92. The normalized spacial score (nSPS) is 12.2. The van der Waals surface area contributed by atoms with Gasteiger partial charge in [0.05, 0.1) is 10.9 Å². The van der Waals surface area contributed by atoms with Crippen LogP contribution >= 0.6 is 11.8 Å². The van der Waals surface area contributed by atoms with Crippen molar-refractivity contribution in [3.8, 4) is 5.69 Å². The molecule has 0 saturated carbocycles. The minimum Gasteiger partial charge on any atom is -0.385 e. The second-order valence-electron chi connectivity index (χ2n) is 5.55. The van der Waals surface area contributed by atoms with E-state index in [1.54, 1.807) is 7.11 Å². The largest absolute Gasteiger partial charge is 0.385 e. The van der Waals surface area contributed by atoms with Crippen LogP contribution in [0.25, 0.3) is 5.69 Å². The first kappa shape index (κ1) is 18.5. The van der Waals surface area contributed by atoms with E-state index in [0.717, 1.165) is 28.7 Å². The summed E-state index contributed by atoms with van der Waals surface area (Å²) in [5.74, 6) is 0.799. The molecule has 0 aliphatic carbocycles. The predicted octanol–water partition coefficient (Wildman–Crippen LogP) is 2.52. The van der Waals surface area contributed by atoms with Crippen molar-refractivity contribution in [2.75, 3.05) is 20.3 Å². The van der Waals surface area contributed by atoms with E-state index >= 15 is 0 Å². The number of nitrogens with zero attached hydrogens (tertiary/aromatic N) is 3. The zero-order chi connectivity index (χ0) is 17.5. The Bertz CT molecular complexity index is 687. The van der Waals surface area contributed by atoms with E-state index in [1.165, 1.54) is 11.8 Å². The number of thioether (sulfide) groups is 1. The molecule has 2 aromatic rings. The summed E-state index contributed by atoms with van der Waals surface area (Å²) in [5, 5.41) is 11.8. The van der Waals surface area contributed by atoms with Crippen LogP contribution in [0, 0.1) is 13.8 Å². The van der Waals surface area contributed by atoms with Gasteiger partial charge in [-0.3, -0.25) is 9.36 Å². The number of rotatable bonds is 8. The standard InChI is InChI=1S/C17H24N4O2S/c1-12-8-5-6-9-15(12)21-14(3)19-20-17(21)24-13(2)16(22)18-10-7-11-23-4/h5-6,8-9,13H,7,10-11H2,1-4H3,(H,18,22). The third-order valence-corrected chi connectivity index (χ3v) is 4.67. The highest BCUT2D eigenvalue weighted by atomic mass is 32.2. The highest BCUT2D eigenvalue weighted by molar-refractivity contribution is 8.00. The minimum atomic E-state index is -0.251. The van der Waals surface area contributed by atoms with Crippen LogP contribution in [0.3, 0.4) is 0 Å². The van der Waals surface area contributed by atoms with E-state index in [9.17, 15) is 4.79 Å². The van der Waals surface area contributed by atoms with Crippen molar-refractivity contribution in [1.29, 1.82) is 0 Å². The maximum absolute atomic E-state index is 12.2. The van der Waals surface area contributed by atoms with Gasteiger partial charge in [-0.25, -0.2) is 0 Å². The van der Waals surface area contributed by atoms with Gasteiger partial charge in [-0.15, -0.1) is 10.2 Å². The van der Waals surface area contributed by atoms with Crippen molar-refractivity contribution in [2.24, 2.45) is 0 Å². The maximum Gasteiger partial charge on any atom is 0.233 e. The van der Waals surface area contributed by atoms with Crippen molar-refractivity contribution in [3.05, 3.63) is 35.7 Å². The van der Waals surface area contributed by atoms with Crippen LogP contribution in [0.1, 0.15) is 24.7 Å². The quantitative estimate of drug-likeness (QED) is 0.586. The van der Waals surface area contributed by atoms with Crippen LogP contribution in [0.4, 0.5) is 0 Å². The highest BCUT2D eigenvalue weighted by Crippen LogP contribution is 2.26. The monoisotopic (exact) mass is 348 g/mol. The lowest BCUT2D eigenvalue weighted by molar-refractivity contribution is -0.120. The van der Waals surface area contributed by atoms with Gasteiger partial charge < -0.3 is 10.1 Å². The molecular formula is C17H24N4O2S. The Morgan fingerprint density at radius 3 is 2.79 bits per heavy atom. The van der Waals surface area contributed by atoms with Crippen molar-refractivity contribution < 1.29 is 9.53 Å². The Kier molecular flexibility index (Phi) is 6.81. The summed E-state index contributed by atoms with van der Waals surface area (Å²) in [6, 6.07) is 8.07. The fraction of sp³-hybridized carbons (Fsp3) is 0.471. The summed E-state index contributed by atoms with van der Waals surface area (Å²) in [6.45, 7) is 7.10. The second kappa shape index (κ2) is 8.84. The fourth-order valence-corrected chi connectivity index (χ4v) is 3.22. The summed E-state index contributed by atoms with van der Waals surface area (Å²) in [6.07, 6.45) is 0.804. The van der Waals surface area contributed by atoms with Crippen LogP contribution in [0.2, 0.25) is 0 Å². The zero-order valence-electron chi connectivity index (χ0n) is 14.6. The van der Waals surface area contributed by atoms with Crippen molar-refractivity contribution >= 4 is 17.7 Å². The first-order valence-electron chi connectivity index (χ1n) is 7.96. The summed E-state index contributed by atoms with van der Waals surface area (Å²) in [7, 11) is 1.65. The Labute approximate surface area is 147 Å². The number of hydrogen-bond donors (Lipinski definition) is 1. The zero-order valence-corrected chi connectivity index (χ0v) is 15.4. The van der Waals surface area contributed by atoms with Gasteiger partial charge in [0.15, 0.2) is 5.16 Å². The summed E-state index contributed by atoms with van der Waals surface area (Å²) < 4.78 is 6.98. The topological polar surface area (TPSA) is 69.0 Å². The molecule has 2 rings (SSSR count). The molecule has 1 N–H and O–H groups in total. The predicted molar refractivity (Wildman–Crippen MR) is 95.7 cm³/mol. The molecular weight excluding hydrogens is 324 g/mol. The minimum absolute atomic E-state index is 0.00640. The lowest BCUT2D eigenvalue weighted by Gasteiger charge is -2.14. The molecule has 0 radical (unpaired) electrons. The number of methoxy groups -OCH3 is 1. The van der Waals surface area contributed by atoms with Gasteiger partial charge in [0.2, 0.25) is 5.91 Å². The van der Waals surface area contributed by atoms with E-state index in [-0.39, 0.29) is 11.2 Å². The van der Waals surface area contributed by atoms with Crippen LogP contribution in [0.5, 0.6) is 0 Å². The molecule has 24 heavy (non-hydrogen) atoms. The van der Waals surface area contributed by atoms with Crippen molar-refractivity contribution in [3.63, 3.8) is 0 Å². The molecule has 1 heterocycles. The first-order chi connectivity index (χ1) is 11.5. The number of benzene rings is 1. The average molecular weight is 348 g/mol. The van der Waals surface area contributed by atoms with Gasteiger partial charge in [-0.2, -0.15) is 0 Å². The molecule has 130 valence electrons. The molecule has 6 nitrogen and oxygen atoms in total. The number of carbonyl (C=O) groups excluding carboxylic acids is 1. The molecule has 0 aliphatic heterocycles. The van der Waals surface area contributed by atoms with Crippen LogP contribution < -0.4 is 5.32 Å². The van der Waals surface area contributed by atoms with E-state index in [0.29, 0.717) is 13.2 Å². The van der Waals surface area contributed by atoms with Crippen LogP contribution in [-0.4, -0.2) is 46.2 Å². The Balaban J connectivity index is 2.08. The Morgan fingerprint density at radius 2 is 2.08 bits per heavy atom. The second-order valence-corrected chi connectivity index (χ2v) is 6.86. The lowest BCUT2D eigenvalue weighted by Crippen LogP contribution is -2.32. The molecule has 1 unspecified atom stereocenters. The number of ether oxygens (including phenoxy) is 1. The number of amides is 1. The number of para-hydroxylation sites is 1. The van der Waals surface area contributed by atoms with Crippen molar-refractivity contribution in [1.82, 2.24) is 20.1 Å². The molecule has 0 saturated heterocycles. The van der Waals surface area contributed by atoms with E-state index in [1.807, 2.05) is 36.6 Å². The summed E-state index contributed by atoms with van der Waals surface area (Å²) >= 11 is 1.41.